The quantitative estimate of drug-likeness (QED) is 0.696. The first kappa shape index (κ1) is 16.1. The molecule has 2 aromatic carbocycles. The molecule has 0 atom stereocenters. The molecule has 24 heavy (non-hydrogen) atoms. The molecular formula is C18H15ClN2O3. The molecule has 1 heterocycles. The van der Waals surface area contributed by atoms with E-state index in [9.17, 15) is 4.79 Å². The van der Waals surface area contributed by atoms with Crippen LogP contribution in [0.15, 0.2) is 59.1 Å². The summed E-state index contributed by atoms with van der Waals surface area (Å²) in [5, 5.41) is 3.77. The second-order valence-electron chi connectivity index (χ2n) is 5.02. The molecule has 0 aliphatic heterocycles. The highest BCUT2D eigenvalue weighted by atomic mass is 35.5. The van der Waals surface area contributed by atoms with Crippen molar-refractivity contribution in [1.82, 2.24) is 4.98 Å². The number of halogens is 1. The Morgan fingerprint density at radius 3 is 2.88 bits per heavy atom. The SMILES string of the molecule is COC(=O)c1ccccc1NCc1ncc(-c2cccc(Cl)c2)o1. The molecule has 0 aliphatic carbocycles. The second kappa shape index (κ2) is 7.19. The molecule has 1 N–H and O–H groups in total. The van der Waals surface area contributed by atoms with E-state index in [2.05, 4.69) is 10.3 Å². The van der Waals surface area contributed by atoms with E-state index >= 15 is 0 Å². The standard InChI is InChI=1S/C18H15ClN2O3/c1-23-18(22)14-7-2-3-8-15(14)20-11-17-21-10-16(24-17)12-5-4-6-13(19)9-12/h2-10,20H,11H2,1H3. The average molecular weight is 343 g/mol. The number of esters is 1. The predicted octanol–water partition coefficient (Wildman–Crippen LogP) is 4.39. The Balaban J connectivity index is 1.74. The van der Waals surface area contributed by atoms with E-state index in [1.807, 2.05) is 24.3 Å². The van der Waals surface area contributed by atoms with Gasteiger partial charge >= 0.3 is 5.97 Å². The number of hydrogen-bond donors (Lipinski definition) is 1. The van der Waals surface area contributed by atoms with Crippen molar-refractivity contribution in [2.24, 2.45) is 0 Å². The monoisotopic (exact) mass is 342 g/mol. The largest absolute Gasteiger partial charge is 0.465 e. The molecule has 0 fully saturated rings. The fraction of sp³-hybridized carbons (Fsp3) is 0.111. The normalized spacial score (nSPS) is 10.4. The third-order valence-electron chi connectivity index (χ3n) is 3.43. The van der Waals surface area contributed by atoms with Crippen molar-refractivity contribution >= 4 is 23.3 Å². The Morgan fingerprint density at radius 1 is 1.25 bits per heavy atom. The maximum absolute atomic E-state index is 11.8. The predicted molar refractivity (Wildman–Crippen MR) is 92.1 cm³/mol. The summed E-state index contributed by atoms with van der Waals surface area (Å²) in [7, 11) is 1.35. The van der Waals surface area contributed by atoms with Crippen molar-refractivity contribution in [3.05, 3.63) is 71.2 Å². The van der Waals surface area contributed by atoms with E-state index in [4.69, 9.17) is 20.8 Å². The van der Waals surface area contributed by atoms with Gasteiger partial charge in [-0.1, -0.05) is 35.9 Å². The third-order valence-corrected chi connectivity index (χ3v) is 3.66. The molecule has 0 amide bonds. The number of methoxy groups -OCH3 is 1. The first-order valence-corrected chi connectivity index (χ1v) is 7.67. The number of nitrogens with one attached hydrogen (secondary N) is 1. The van der Waals surface area contributed by atoms with E-state index in [1.165, 1.54) is 7.11 Å². The van der Waals surface area contributed by atoms with E-state index < -0.39 is 5.97 Å². The second-order valence-corrected chi connectivity index (χ2v) is 5.46. The summed E-state index contributed by atoms with van der Waals surface area (Å²) in [5.41, 5.74) is 1.98. The van der Waals surface area contributed by atoms with Gasteiger partial charge < -0.3 is 14.5 Å². The number of nitrogens with zero attached hydrogens (tertiary/aromatic N) is 1. The summed E-state index contributed by atoms with van der Waals surface area (Å²) in [5.74, 6) is 0.741. The zero-order valence-electron chi connectivity index (χ0n) is 13.0. The summed E-state index contributed by atoms with van der Waals surface area (Å²) >= 11 is 5.99. The van der Waals surface area contributed by atoms with Crippen LogP contribution in [0.3, 0.4) is 0 Å². The lowest BCUT2D eigenvalue weighted by Gasteiger charge is -2.08. The fourth-order valence-corrected chi connectivity index (χ4v) is 2.45. The highest BCUT2D eigenvalue weighted by molar-refractivity contribution is 6.30. The molecule has 0 saturated heterocycles. The van der Waals surface area contributed by atoms with Gasteiger partial charge in [0.25, 0.3) is 0 Å². The van der Waals surface area contributed by atoms with Crippen LogP contribution in [0, 0.1) is 0 Å². The summed E-state index contributed by atoms with van der Waals surface area (Å²) in [6, 6.07) is 14.5. The number of ether oxygens (including phenoxy) is 1. The van der Waals surface area contributed by atoms with E-state index in [0.717, 1.165) is 5.56 Å². The van der Waals surface area contributed by atoms with Gasteiger partial charge in [0.1, 0.15) is 0 Å². The molecule has 0 radical (unpaired) electrons. The minimum absolute atomic E-state index is 0.342. The van der Waals surface area contributed by atoms with Crippen LogP contribution in [-0.4, -0.2) is 18.1 Å². The number of aromatic nitrogens is 1. The number of rotatable bonds is 5. The van der Waals surface area contributed by atoms with Gasteiger partial charge in [-0.05, 0) is 24.3 Å². The molecule has 5 nitrogen and oxygen atoms in total. The van der Waals surface area contributed by atoms with Gasteiger partial charge in [-0.2, -0.15) is 0 Å². The van der Waals surface area contributed by atoms with Gasteiger partial charge in [-0.25, -0.2) is 9.78 Å². The van der Waals surface area contributed by atoms with Crippen LogP contribution < -0.4 is 5.32 Å². The van der Waals surface area contributed by atoms with Crippen LogP contribution in [0.5, 0.6) is 0 Å². The molecule has 6 heteroatoms. The van der Waals surface area contributed by atoms with Crippen LogP contribution in [0.2, 0.25) is 5.02 Å². The van der Waals surface area contributed by atoms with E-state index in [0.29, 0.717) is 34.5 Å². The topological polar surface area (TPSA) is 64.4 Å². The summed E-state index contributed by atoms with van der Waals surface area (Å²) in [4.78, 5) is 16.0. The van der Waals surface area contributed by atoms with E-state index in [1.54, 1.807) is 30.5 Å². The molecular weight excluding hydrogens is 328 g/mol. The number of carbonyl (C=O) groups is 1. The molecule has 0 saturated carbocycles. The van der Waals surface area contributed by atoms with Crippen molar-refractivity contribution < 1.29 is 13.9 Å². The average Bonchev–Trinajstić information content (AvgIpc) is 3.08. The number of carbonyl (C=O) groups excluding carboxylic acids is 1. The van der Waals surface area contributed by atoms with E-state index in [-0.39, 0.29) is 0 Å². The van der Waals surface area contributed by atoms with Crippen LogP contribution in [-0.2, 0) is 11.3 Å². The van der Waals surface area contributed by atoms with Crippen molar-refractivity contribution in [3.8, 4) is 11.3 Å². The maximum Gasteiger partial charge on any atom is 0.339 e. The van der Waals surface area contributed by atoms with Gasteiger partial charge in [-0.3, -0.25) is 0 Å². The lowest BCUT2D eigenvalue weighted by molar-refractivity contribution is 0.0602. The minimum Gasteiger partial charge on any atom is -0.465 e. The first-order chi connectivity index (χ1) is 11.7. The summed E-state index contributed by atoms with van der Waals surface area (Å²) < 4.78 is 10.5. The van der Waals surface area contributed by atoms with Gasteiger partial charge in [0.2, 0.25) is 5.89 Å². The maximum atomic E-state index is 11.8. The highest BCUT2D eigenvalue weighted by Crippen LogP contribution is 2.24. The molecule has 0 bridgehead atoms. The van der Waals surface area contributed by atoms with Gasteiger partial charge in [0, 0.05) is 16.3 Å². The summed E-state index contributed by atoms with van der Waals surface area (Å²) in [6.07, 6.45) is 1.65. The number of oxazole rings is 1. The molecule has 0 aliphatic rings. The zero-order chi connectivity index (χ0) is 16.9. The highest BCUT2D eigenvalue weighted by Gasteiger charge is 2.12. The van der Waals surface area contributed by atoms with Crippen LogP contribution in [0.4, 0.5) is 5.69 Å². The lowest BCUT2D eigenvalue weighted by Crippen LogP contribution is -2.08. The molecule has 0 unspecified atom stereocenters. The van der Waals surface area contributed by atoms with Gasteiger partial charge in [-0.15, -0.1) is 0 Å². The Labute approximate surface area is 144 Å². The Hall–Kier alpha value is -2.79. The molecule has 3 aromatic rings. The van der Waals surface area contributed by atoms with Gasteiger partial charge in [0.05, 0.1) is 25.4 Å². The first-order valence-electron chi connectivity index (χ1n) is 7.29. The number of hydrogen-bond acceptors (Lipinski definition) is 5. The molecule has 3 rings (SSSR count). The number of benzene rings is 2. The molecule has 122 valence electrons. The van der Waals surface area contributed by atoms with Crippen molar-refractivity contribution in [1.29, 1.82) is 0 Å². The van der Waals surface area contributed by atoms with Crippen molar-refractivity contribution in [2.45, 2.75) is 6.54 Å². The number of anilines is 1. The minimum atomic E-state index is -0.398. The third kappa shape index (κ3) is 3.58. The van der Waals surface area contributed by atoms with Gasteiger partial charge in [0.15, 0.2) is 5.76 Å². The Kier molecular flexibility index (Phi) is 4.82. The molecule has 0 spiro atoms. The summed E-state index contributed by atoms with van der Waals surface area (Å²) in [6.45, 7) is 0.342. The van der Waals surface area contributed by atoms with Crippen LogP contribution in [0.1, 0.15) is 16.2 Å². The Bertz CT molecular complexity index is 861. The van der Waals surface area contributed by atoms with Crippen LogP contribution in [0.25, 0.3) is 11.3 Å². The fourth-order valence-electron chi connectivity index (χ4n) is 2.26. The lowest BCUT2D eigenvalue weighted by atomic mass is 10.2. The van der Waals surface area contributed by atoms with Crippen molar-refractivity contribution in [3.63, 3.8) is 0 Å². The number of para-hydroxylation sites is 1. The van der Waals surface area contributed by atoms with Crippen LogP contribution >= 0.6 is 11.6 Å². The van der Waals surface area contributed by atoms with Crippen molar-refractivity contribution in [2.75, 3.05) is 12.4 Å². The smallest absolute Gasteiger partial charge is 0.339 e. The molecule has 1 aromatic heterocycles. The zero-order valence-corrected chi connectivity index (χ0v) is 13.7. The Morgan fingerprint density at radius 2 is 2.08 bits per heavy atom.